The summed E-state index contributed by atoms with van der Waals surface area (Å²) >= 11 is 5.05. The number of Topliss-reactive ketones (excluding diaryl/α,β-unsaturated/α-hetero) is 1. The van der Waals surface area contributed by atoms with Gasteiger partial charge >= 0.3 is 5.88 Å². The first-order chi connectivity index (χ1) is 9.32. The van der Waals surface area contributed by atoms with Gasteiger partial charge in [-0.3, -0.25) is 19.9 Å². The Kier molecular flexibility index (Phi) is 3.55. The lowest BCUT2D eigenvalue weighted by atomic mass is 9.97. The second kappa shape index (κ2) is 5.02. The molecule has 2 rings (SSSR count). The molecule has 8 nitrogen and oxygen atoms in total. The summed E-state index contributed by atoms with van der Waals surface area (Å²) < 4.78 is 5.13. The molecule has 0 amide bonds. The van der Waals surface area contributed by atoms with Crippen LogP contribution in [0.25, 0.3) is 0 Å². The summed E-state index contributed by atoms with van der Waals surface area (Å²) in [6.07, 6.45) is 0. The molecule has 0 fully saturated rings. The molecule has 106 valence electrons. The van der Waals surface area contributed by atoms with Crippen LogP contribution in [0.1, 0.15) is 25.6 Å². The number of carbonyl (C=O) groups is 1. The number of rotatable bonds is 3. The van der Waals surface area contributed by atoms with E-state index >= 15 is 0 Å². The number of hydrogen-bond donors (Lipinski definition) is 2. The van der Waals surface area contributed by atoms with Crippen LogP contribution in [0.3, 0.4) is 0 Å². The third-order valence-electron chi connectivity index (χ3n) is 2.98. The Morgan fingerprint density at radius 2 is 2.25 bits per heavy atom. The maximum absolute atomic E-state index is 11.8. The molecule has 0 spiro atoms. The van der Waals surface area contributed by atoms with E-state index in [1.807, 2.05) is 0 Å². The van der Waals surface area contributed by atoms with Crippen LogP contribution < -0.4 is 11.2 Å². The van der Waals surface area contributed by atoms with Crippen molar-refractivity contribution in [3.63, 3.8) is 0 Å². The van der Waals surface area contributed by atoms with E-state index in [1.165, 1.54) is 24.1 Å². The van der Waals surface area contributed by atoms with Gasteiger partial charge in [0.2, 0.25) is 0 Å². The van der Waals surface area contributed by atoms with Crippen LogP contribution in [0.4, 0.5) is 5.88 Å². The zero-order chi connectivity index (χ0) is 15.0. The van der Waals surface area contributed by atoms with Gasteiger partial charge in [0.1, 0.15) is 16.7 Å². The van der Waals surface area contributed by atoms with Crippen molar-refractivity contribution in [2.24, 2.45) is 5.84 Å². The van der Waals surface area contributed by atoms with E-state index in [4.69, 9.17) is 22.5 Å². The van der Waals surface area contributed by atoms with Crippen molar-refractivity contribution in [1.29, 1.82) is 0 Å². The molecule has 20 heavy (non-hydrogen) atoms. The van der Waals surface area contributed by atoms with Crippen molar-refractivity contribution in [3.8, 4) is 0 Å². The monoisotopic (exact) mass is 296 g/mol. The normalized spacial score (nSPS) is 19.1. The summed E-state index contributed by atoms with van der Waals surface area (Å²) in [5, 5.41) is 14.9. The number of furan rings is 1. The van der Waals surface area contributed by atoms with Crippen molar-refractivity contribution < 1.29 is 14.1 Å². The number of hydrazine groups is 1. The van der Waals surface area contributed by atoms with Crippen LogP contribution >= 0.6 is 12.2 Å². The predicted octanol–water partition coefficient (Wildman–Crippen LogP) is 1.16. The predicted molar refractivity (Wildman–Crippen MR) is 73.2 cm³/mol. The molecule has 0 radical (unpaired) electrons. The van der Waals surface area contributed by atoms with E-state index in [-0.39, 0.29) is 16.7 Å². The summed E-state index contributed by atoms with van der Waals surface area (Å²) in [4.78, 5) is 21.8. The summed E-state index contributed by atoms with van der Waals surface area (Å²) in [5.74, 6) is 5.33. The van der Waals surface area contributed by atoms with Gasteiger partial charge in [0.15, 0.2) is 10.9 Å². The van der Waals surface area contributed by atoms with Gasteiger partial charge in [0.25, 0.3) is 0 Å². The average molecular weight is 296 g/mol. The number of nitrogens with two attached hydrogens (primary N) is 1. The Bertz CT molecular complexity index is 636. The van der Waals surface area contributed by atoms with Gasteiger partial charge in [-0.25, -0.2) is 5.84 Å². The van der Waals surface area contributed by atoms with Gasteiger partial charge in [0.05, 0.1) is 6.07 Å². The molecule has 0 saturated carbocycles. The van der Waals surface area contributed by atoms with Crippen LogP contribution in [-0.4, -0.2) is 20.8 Å². The van der Waals surface area contributed by atoms with Crippen LogP contribution in [-0.2, 0) is 4.79 Å². The first-order valence-corrected chi connectivity index (χ1v) is 6.05. The number of thiocarbonyl (C=S) groups is 1. The van der Waals surface area contributed by atoms with Crippen molar-refractivity contribution in [2.75, 3.05) is 0 Å². The Morgan fingerprint density at radius 1 is 1.60 bits per heavy atom. The smallest absolute Gasteiger partial charge is 0.403 e. The van der Waals surface area contributed by atoms with E-state index in [0.717, 1.165) is 0 Å². The molecule has 0 bridgehead atoms. The van der Waals surface area contributed by atoms with Gasteiger partial charge in [-0.15, -0.1) is 0 Å². The molecule has 0 aromatic carbocycles. The van der Waals surface area contributed by atoms with Crippen molar-refractivity contribution in [3.05, 3.63) is 39.3 Å². The van der Waals surface area contributed by atoms with Crippen molar-refractivity contribution in [1.82, 2.24) is 10.3 Å². The van der Waals surface area contributed by atoms with Crippen LogP contribution in [0.5, 0.6) is 0 Å². The summed E-state index contributed by atoms with van der Waals surface area (Å²) in [6.45, 7) is 3.03. The van der Waals surface area contributed by atoms with Gasteiger partial charge in [-0.05, 0) is 32.1 Å². The second-order valence-electron chi connectivity index (χ2n) is 4.24. The highest BCUT2D eigenvalue weighted by atomic mass is 32.1. The minimum absolute atomic E-state index is 0.205. The fourth-order valence-electron chi connectivity index (χ4n) is 2.02. The molecule has 9 heteroatoms. The highest BCUT2D eigenvalue weighted by Gasteiger charge is 2.33. The SMILES string of the molecule is CC(=O)C1=C(C)N(N)C(=S)NC1c1ccc([N+](=O)[O-])o1. The largest absolute Gasteiger partial charge is 0.433 e. The minimum atomic E-state index is -0.687. The molecule has 0 aliphatic carbocycles. The number of nitrogens with one attached hydrogen (secondary N) is 1. The van der Waals surface area contributed by atoms with Gasteiger partial charge in [-0.2, -0.15) is 0 Å². The molecule has 2 heterocycles. The maximum Gasteiger partial charge on any atom is 0.433 e. The molecule has 0 saturated heterocycles. The minimum Gasteiger partial charge on any atom is -0.403 e. The number of allylic oxidation sites excluding steroid dienone is 1. The van der Waals surface area contributed by atoms with Crippen molar-refractivity contribution >= 4 is 29.0 Å². The molecule has 1 atom stereocenters. The first kappa shape index (κ1) is 14.2. The van der Waals surface area contributed by atoms with Crippen LogP contribution in [0.2, 0.25) is 0 Å². The number of carbonyl (C=O) groups excluding carboxylic acids is 1. The third-order valence-corrected chi connectivity index (χ3v) is 3.30. The second-order valence-corrected chi connectivity index (χ2v) is 4.63. The van der Waals surface area contributed by atoms with E-state index in [0.29, 0.717) is 11.3 Å². The number of nitro groups is 1. The topological polar surface area (TPSA) is 115 Å². The third kappa shape index (κ3) is 2.28. The summed E-state index contributed by atoms with van der Waals surface area (Å²) in [7, 11) is 0. The van der Waals surface area contributed by atoms with Gasteiger partial charge in [-0.1, -0.05) is 0 Å². The highest BCUT2D eigenvalue weighted by Crippen LogP contribution is 2.32. The van der Waals surface area contributed by atoms with E-state index in [2.05, 4.69) is 5.32 Å². The lowest BCUT2D eigenvalue weighted by Gasteiger charge is -2.33. The first-order valence-electron chi connectivity index (χ1n) is 5.64. The summed E-state index contributed by atoms with van der Waals surface area (Å²) in [6, 6.07) is 1.97. The van der Waals surface area contributed by atoms with Gasteiger partial charge in [0, 0.05) is 11.3 Å². The molecule has 1 aromatic heterocycles. The Balaban J connectivity index is 2.50. The lowest BCUT2D eigenvalue weighted by Crippen LogP contribution is -2.50. The highest BCUT2D eigenvalue weighted by molar-refractivity contribution is 7.80. The Labute approximate surface area is 119 Å². The number of nitrogens with zero attached hydrogens (tertiary/aromatic N) is 2. The van der Waals surface area contributed by atoms with Crippen molar-refractivity contribution in [2.45, 2.75) is 19.9 Å². The van der Waals surface area contributed by atoms with Gasteiger partial charge < -0.3 is 9.73 Å². The zero-order valence-electron chi connectivity index (χ0n) is 10.7. The Morgan fingerprint density at radius 3 is 2.75 bits per heavy atom. The van der Waals surface area contributed by atoms with Crippen LogP contribution in [0, 0.1) is 10.1 Å². The van der Waals surface area contributed by atoms with E-state index in [1.54, 1.807) is 6.92 Å². The Hall–Kier alpha value is -2.26. The van der Waals surface area contributed by atoms with E-state index < -0.39 is 16.8 Å². The fraction of sp³-hybridized carbons (Fsp3) is 0.273. The summed E-state index contributed by atoms with van der Waals surface area (Å²) in [5.41, 5.74) is 0.829. The molecular weight excluding hydrogens is 284 g/mol. The maximum atomic E-state index is 11.8. The molecule has 1 aliphatic heterocycles. The van der Waals surface area contributed by atoms with E-state index in [9.17, 15) is 14.9 Å². The number of hydrogen-bond acceptors (Lipinski definition) is 6. The average Bonchev–Trinajstić information content (AvgIpc) is 2.84. The molecular formula is C11H12N4O4S. The quantitative estimate of drug-likeness (QED) is 0.369. The number of ketones is 1. The molecule has 3 N–H and O–H groups in total. The fourth-order valence-corrected chi connectivity index (χ4v) is 2.28. The zero-order valence-corrected chi connectivity index (χ0v) is 11.6. The standard InChI is InChI=1S/C11H12N4O4S/c1-5-9(6(2)16)10(13-11(20)14(5)12)7-3-4-8(19-7)15(17)18/h3-4,10H,12H2,1-2H3,(H,13,20). The van der Waals surface area contributed by atoms with Crippen LogP contribution in [0.15, 0.2) is 27.8 Å². The molecule has 1 unspecified atom stereocenters. The lowest BCUT2D eigenvalue weighted by molar-refractivity contribution is -0.402. The molecule has 1 aliphatic rings. The molecule has 1 aromatic rings.